The quantitative estimate of drug-likeness (QED) is 0.720. The highest BCUT2D eigenvalue weighted by molar-refractivity contribution is 6.33. The van der Waals surface area contributed by atoms with Crippen molar-refractivity contribution in [2.75, 3.05) is 5.12 Å². The molecule has 1 aromatic carbocycles. The van der Waals surface area contributed by atoms with Crippen LogP contribution < -0.4 is 10.5 Å². The molecule has 0 fully saturated rings. The Balaban J connectivity index is 2.31. The Kier molecular flexibility index (Phi) is 2.00. The summed E-state index contributed by atoms with van der Waals surface area (Å²) in [6, 6.07) is 7.22. The first-order chi connectivity index (χ1) is 6.29. The second-order valence-corrected chi connectivity index (χ2v) is 2.94. The van der Waals surface area contributed by atoms with E-state index in [9.17, 15) is 5.21 Å². The molecule has 2 N–H and O–H groups in total. The van der Waals surface area contributed by atoms with Crippen molar-refractivity contribution in [1.82, 2.24) is 10.6 Å². The van der Waals surface area contributed by atoms with Gasteiger partial charge < -0.3 is 0 Å². The van der Waals surface area contributed by atoms with Crippen LogP contribution in [0.25, 0.3) is 0 Å². The van der Waals surface area contributed by atoms with E-state index in [-0.39, 0.29) is 0 Å². The van der Waals surface area contributed by atoms with Crippen LogP contribution in [0.3, 0.4) is 0 Å². The van der Waals surface area contributed by atoms with E-state index in [0.717, 1.165) is 5.17 Å². The monoisotopic (exact) mass is 197 g/mol. The number of nitrogens with zero attached hydrogens (tertiary/aromatic N) is 2. The third-order valence-electron chi connectivity index (χ3n) is 1.69. The maximum atomic E-state index is 9.32. The van der Waals surface area contributed by atoms with Gasteiger partial charge in [-0.3, -0.25) is 10.6 Å². The second-order valence-electron chi connectivity index (χ2n) is 2.53. The molecule has 2 rings (SSSR count). The molecule has 0 radical (unpaired) electrons. The van der Waals surface area contributed by atoms with Crippen molar-refractivity contribution in [1.29, 1.82) is 0 Å². The van der Waals surface area contributed by atoms with Crippen LogP contribution in [0.2, 0.25) is 5.02 Å². The molecule has 0 saturated heterocycles. The van der Waals surface area contributed by atoms with E-state index in [1.54, 1.807) is 18.3 Å². The summed E-state index contributed by atoms with van der Waals surface area (Å²) >= 11 is 5.92. The van der Waals surface area contributed by atoms with Crippen molar-refractivity contribution in [2.24, 2.45) is 0 Å². The minimum Gasteiger partial charge on any atom is -0.283 e. The smallest absolute Gasteiger partial charge is 0.102 e. The SMILES string of the molecule is ON1C=CNN1c1ccccc1Cl. The first-order valence-electron chi connectivity index (χ1n) is 3.74. The van der Waals surface area contributed by atoms with Crippen LogP contribution in [0.1, 0.15) is 0 Å². The average molecular weight is 198 g/mol. The molecule has 4 nitrogen and oxygen atoms in total. The van der Waals surface area contributed by atoms with E-state index in [1.165, 1.54) is 11.3 Å². The van der Waals surface area contributed by atoms with E-state index in [2.05, 4.69) is 5.43 Å². The molecular weight excluding hydrogens is 190 g/mol. The Morgan fingerprint density at radius 2 is 2.08 bits per heavy atom. The van der Waals surface area contributed by atoms with Crippen molar-refractivity contribution in [3.8, 4) is 0 Å². The average Bonchev–Trinajstić information content (AvgIpc) is 2.52. The Morgan fingerprint density at radius 1 is 1.31 bits per heavy atom. The summed E-state index contributed by atoms with van der Waals surface area (Å²) in [5, 5.41) is 12.2. The summed E-state index contributed by atoms with van der Waals surface area (Å²) in [5.74, 6) is 0. The molecule has 5 heteroatoms. The van der Waals surface area contributed by atoms with E-state index in [4.69, 9.17) is 11.6 Å². The number of nitrogens with one attached hydrogen (secondary N) is 1. The van der Waals surface area contributed by atoms with Gasteiger partial charge >= 0.3 is 0 Å². The Bertz CT molecular complexity index is 342. The molecule has 0 spiro atoms. The van der Waals surface area contributed by atoms with Gasteiger partial charge in [0.15, 0.2) is 0 Å². The molecule has 68 valence electrons. The molecule has 1 heterocycles. The van der Waals surface area contributed by atoms with Gasteiger partial charge in [-0.2, -0.15) is 5.12 Å². The van der Waals surface area contributed by atoms with Crippen LogP contribution >= 0.6 is 11.6 Å². The lowest BCUT2D eigenvalue weighted by molar-refractivity contribution is -0.0499. The van der Waals surface area contributed by atoms with Gasteiger partial charge in [-0.15, -0.1) is 5.17 Å². The number of hydroxylamine groups is 1. The third-order valence-corrected chi connectivity index (χ3v) is 2.01. The normalized spacial score (nSPS) is 14.9. The number of para-hydroxylation sites is 1. The molecule has 0 amide bonds. The highest BCUT2D eigenvalue weighted by Gasteiger charge is 2.16. The van der Waals surface area contributed by atoms with Crippen LogP contribution in [0.5, 0.6) is 0 Å². The van der Waals surface area contributed by atoms with Gasteiger partial charge in [-0.25, -0.2) is 0 Å². The van der Waals surface area contributed by atoms with Gasteiger partial charge in [0.1, 0.15) is 5.69 Å². The lowest BCUT2D eigenvalue weighted by atomic mass is 10.3. The zero-order chi connectivity index (χ0) is 9.26. The van der Waals surface area contributed by atoms with E-state index in [1.807, 2.05) is 12.1 Å². The van der Waals surface area contributed by atoms with Crippen molar-refractivity contribution in [3.63, 3.8) is 0 Å². The molecule has 1 aromatic rings. The molecule has 0 bridgehead atoms. The van der Waals surface area contributed by atoms with E-state index in [0.29, 0.717) is 10.7 Å². The molecule has 0 atom stereocenters. The minimum atomic E-state index is 0.567. The molecular formula is C8H8ClN3O. The number of hydrogen-bond donors (Lipinski definition) is 2. The minimum absolute atomic E-state index is 0.567. The summed E-state index contributed by atoms with van der Waals surface area (Å²) in [6.07, 6.45) is 3.08. The van der Waals surface area contributed by atoms with Crippen LogP contribution in [0.15, 0.2) is 36.7 Å². The van der Waals surface area contributed by atoms with Crippen molar-refractivity contribution < 1.29 is 5.21 Å². The summed E-state index contributed by atoms with van der Waals surface area (Å²) in [6.45, 7) is 0. The lowest BCUT2D eigenvalue weighted by Crippen LogP contribution is -2.39. The van der Waals surface area contributed by atoms with Crippen LogP contribution in [0, 0.1) is 0 Å². The first kappa shape index (κ1) is 8.22. The van der Waals surface area contributed by atoms with Crippen molar-refractivity contribution >= 4 is 17.3 Å². The van der Waals surface area contributed by atoms with Gasteiger partial charge in [0.25, 0.3) is 0 Å². The number of hydrazine groups is 2. The summed E-state index contributed by atoms with van der Waals surface area (Å²) in [4.78, 5) is 0. The van der Waals surface area contributed by atoms with E-state index >= 15 is 0 Å². The summed E-state index contributed by atoms with van der Waals surface area (Å²) in [7, 11) is 0. The molecule has 1 aliphatic rings. The lowest BCUT2D eigenvalue weighted by Gasteiger charge is -2.24. The Morgan fingerprint density at radius 3 is 2.69 bits per heavy atom. The summed E-state index contributed by atoms with van der Waals surface area (Å²) < 4.78 is 0. The van der Waals surface area contributed by atoms with Gasteiger partial charge in [0.2, 0.25) is 0 Å². The van der Waals surface area contributed by atoms with Gasteiger partial charge in [-0.05, 0) is 12.1 Å². The highest BCUT2D eigenvalue weighted by atomic mass is 35.5. The van der Waals surface area contributed by atoms with Gasteiger partial charge in [-0.1, -0.05) is 23.7 Å². The number of benzene rings is 1. The first-order valence-corrected chi connectivity index (χ1v) is 4.12. The molecule has 0 aromatic heterocycles. The molecule has 0 unspecified atom stereocenters. The van der Waals surface area contributed by atoms with Gasteiger partial charge in [0.05, 0.1) is 11.2 Å². The predicted molar refractivity (Wildman–Crippen MR) is 49.8 cm³/mol. The molecule has 0 saturated carbocycles. The fourth-order valence-electron chi connectivity index (χ4n) is 1.10. The van der Waals surface area contributed by atoms with Crippen LogP contribution in [-0.4, -0.2) is 10.4 Å². The van der Waals surface area contributed by atoms with Crippen molar-refractivity contribution in [3.05, 3.63) is 41.7 Å². The number of hydrogen-bond acceptors (Lipinski definition) is 4. The van der Waals surface area contributed by atoms with Crippen LogP contribution in [0.4, 0.5) is 5.69 Å². The fourth-order valence-corrected chi connectivity index (χ4v) is 1.32. The Labute approximate surface area is 80.5 Å². The second kappa shape index (κ2) is 3.16. The van der Waals surface area contributed by atoms with E-state index < -0.39 is 0 Å². The highest BCUT2D eigenvalue weighted by Crippen LogP contribution is 2.25. The third kappa shape index (κ3) is 1.41. The maximum absolute atomic E-state index is 9.32. The largest absolute Gasteiger partial charge is 0.283 e. The number of anilines is 1. The van der Waals surface area contributed by atoms with Crippen molar-refractivity contribution in [2.45, 2.75) is 0 Å². The maximum Gasteiger partial charge on any atom is 0.102 e. The Hall–Kier alpha value is -1.39. The zero-order valence-corrected chi connectivity index (χ0v) is 7.44. The van der Waals surface area contributed by atoms with Crippen LogP contribution in [-0.2, 0) is 0 Å². The zero-order valence-electron chi connectivity index (χ0n) is 6.68. The molecule has 13 heavy (non-hydrogen) atoms. The summed E-state index contributed by atoms with van der Waals surface area (Å²) in [5.41, 5.74) is 3.50. The molecule has 1 aliphatic heterocycles. The predicted octanol–water partition coefficient (Wildman–Crippen LogP) is 1.74. The number of rotatable bonds is 1. The number of halogens is 1. The standard InChI is InChI=1S/C8H8ClN3O/c9-7-3-1-2-4-8(7)12-10-5-6-11(12)13/h1-6,10,13H. The van der Waals surface area contributed by atoms with Gasteiger partial charge in [0, 0.05) is 6.20 Å². The fraction of sp³-hybridized carbons (Fsp3) is 0. The molecule has 0 aliphatic carbocycles. The topological polar surface area (TPSA) is 38.7 Å².